The molecule has 0 atom stereocenters. The van der Waals surface area contributed by atoms with E-state index in [0.717, 1.165) is 6.20 Å². The number of hydrogen-bond acceptors (Lipinski definition) is 6. The van der Waals surface area contributed by atoms with Crippen molar-refractivity contribution in [1.29, 1.82) is 0 Å². The molecule has 0 bridgehead atoms. The average Bonchev–Trinajstić information content (AvgIpc) is 2.28. The molecular weight excluding hydrogens is 214 g/mol. The van der Waals surface area contributed by atoms with E-state index in [2.05, 4.69) is 28.0 Å². The zero-order valence-corrected chi connectivity index (χ0v) is 8.56. The second-order valence-electron chi connectivity index (χ2n) is 2.47. The van der Waals surface area contributed by atoms with Crippen molar-refractivity contribution in [3.63, 3.8) is 0 Å². The predicted molar refractivity (Wildman–Crippen MR) is 58.5 cm³/mol. The van der Waals surface area contributed by atoms with Gasteiger partial charge in [-0.3, -0.25) is 4.79 Å². The Morgan fingerprint density at radius 3 is 2.93 bits per heavy atom. The number of Topliss-reactive ketones (excluding diaryl/α,β-unsaturated/α-hetero) is 1. The zero-order valence-electron chi connectivity index (χ0n) is 7.66. The van der Waals surface area contributed by atoms with Crippen molar-refractivity contribution in [2.75, 3.05) is 0 Å². The maximum absolute atomic E-state index is 11.7. The minimum atomic E-state index is -0.378. The molecule has 0 spiro atoms. The van der Waals surface area contributed by atoms with E-state index in [1.54, 1.807) is 12.1 Å². The Morgan fingerprint density at radius 1 is 1.60 bits per heavy atom. The Labute approximate surface area is 91.5 Å². The van der Waals surface area contributed by atoms with Gasteiger partial charge >= 0.3 is 0 Å². The predicted octanol–water partition coefficient (Wildman–Crippen LogP) is 0.952. The van der Waals surface area contributed by atoms with Gasteiger partial charge in [0.1, 0.15) is 0 Å². The molecule has 78 valence electrons. The van der Waals surface area contributed by atoms with E-state index < -0.39 is 0 Å². The van der Waals surface area contributed by atoms with Gasteiger partial charge in [-0.05, 0) is 12.1 Å². The summed E-state index contributed by atoms with van der Waals surface area (Å²) in [4.78, 5) is 15.6. The van der Waals surface area contributed by atoms with Gasteiger partial charge in [0.15, 0.2) is 5.82 Å². The van der Waals surface area contributed by atoms with Crippen LogP contribution in [0, 0.1) is 0 Å². The number of thiol groups is 1. The summed E-state index contributed by atoms with van der Waals surface area (Å²) in [6.07, 6.45) is 2.58. The van der Waals surface area contributed by atoms with Crippen molar-refractivity contribution in [3.8, 4) is 0 Å². The van der Waals surface area contributed by atoms with Crippen molar-refractivity contribution in [2.45, 2.75) is 0 Å². The summed E-state index contributed by atoms with van der Waals surface area (Å²) >= 11 is 3.91. The molecule has 15 heavy (non-hydrogen) atoms. The van der Waals surface area contributed by atoms with Crippen LogP contribution in [-0.2, 0) is 0 Å². The van der Waals surface area contributed by atoms with Crippen LogP contribution in [0.25, 0.3) is 0 Å². The van der Waals surface area contributed by atoms with Gasteiger partial charge in [-0.25, -0.2) is 4.98 Å². The number of ketones is 1. The van der Waals surface area contributed by atoms with Gasteiger partial charge < -0.3 is 11.6 Å². The number of nitrogens with zero attached hydrogens (tertiary/aromatic N) is 3. The lowest BCUT2D eigenvalue weighted by Gasteiger charge is -2.01. The lowest BCUT2D eigenvalue weighted by atomic mass is 10.1. The topological polar surface area (TPSA) is 107 Å². The molecule has 1 aromatic rings. The van der Waals surface area contributed by atoms with Gasteiger partial charge in [-0.2, -0.15) is 0 Å². The summed E-state index contributed by atoms with van der Waals surface area (Å²) in [7, 11) is 0. The van der Waals surface area contributed by atoms with E-state index in [9.17, 15) is 4.79 Å². The molecule has 0 amide bonds. The van der Waals surface area contributed by atoms with Gasteiger partial charge in [-0.15, -0.1) is 17.7 Å². The molecule has 0 saturated carbocycles. The number of rotatable bonds is 3. The largest absolute Gasteiger partial charge is 0.404 e. The van der Waals surface area contributed by atoms with Crippen molar-refractivity contribution >= 4 is 24.2 Å². The summed E-state index contributed by atoms with van der Waals surface area (Å²) in [5.41, 5.74) is 5.42. The molecule has 1 heterocycles. The van der Waals surface area contributed by atoms with Crippen LogP contribution < -0.4 is 11.6 Å². The van der Waals surface area contributed by atoms with Crippen LogP contribution in [0.4, 0.5) is 5.82 Å². The highest BCUT2D eigenvalue weighted by molar-refractivity contribution is 7.85. The summed E-state index contributed by atoms with van der Waals surface area (Å²) in [5.74, 6) is 4.65. The first-order valence-electron chi connectivity index (χ1n) is 3.92. The fourth-order valence-electron chi connectivity index (χ4n) is 0.922. The first-order valence-corrected chi connectivity index (χ1v) is 4.37. The van der Waals surface area contributed by atoms with E-state index in [1.165, 1.54) is 6.20 Å². The van der Waals surface area contributed by atoms with Crippen LogP contribution >= 0.6 is 12.6 Å². The monoisotopic (exact) mass is 223 g/mol. The molecule has 0 unspecified atom stereocenters. The Kier molecular flexibility index (Phi) is 3.81. The number of pyridine rings is 1. The number of hydrogen-bond donors (Lipinski definition) is 3. The smallest absolute Gasteiger partial charge is 0.204 e. The molecule has 0 saturated heterocycles. The molecule has 7 heteroatoms. The molecule has 0 aliphatic heterocycles. The molecule has 0 aliphatic carbocycles. The van der Waals surface area contributed by atoms with Crippen LogP contribution in [-0.4, -0.2) is 10.8 Å². The summed E-state index contributed by atoms with van der Waals surface area (Å²) < 4.78 is 0. The van der Waals surface area contributed by atoms with Crippen LogP contribution in [0.2, 0.25) is 0 Å². The fraction of sp³-hybridized carbons (Fsp3) is 0. The number of nitrogens with two attached hydrogens (primary N) is 2. The number of aromatic nitrogens is 1. The van der Waals surface area contributed by atoms with Gasteiger partial charge in [0.2, 0.25) is 5.78 Å². The molecule has 1 aromatic heterocycles. The molecule has 0 fully saturated rings. The summed E-state index contributed by atoms with van der Waals surface area (Å²) in [6.45, 7) is 0. The highest BCUT2D eigenvalue weighted by Gasteiger charge is 2.13. The average molecular weight is 223 g/mol. The van der Waals surface area contributed by atoms with E-state index in [0.29, 0.717) is 0 Å². The van der Waals surface area contributed by atoms with Gasteiger partial charge in [0, 0.05) is 12.4 Å². The summed E-state index contributed by atoms with van der Waals surface area (Å²) in [5, 5.41) is 6.58. The van der Waals surface area contributed by atoms with E-state index in [1.807, 2.05) is 0 Å². The van der Waals surface area contributed by atoms with Gasteiger partial charge in [0.05, 0.1) is 10.5 Å². The first kappa shape index (κ1) is 11.2. The van der Waals surface area contributed by atoms with Crippen LogP contribution in [0.15, 0.2) is 39.8 Å². The minimum Gasteiger partial charge on any atom is -0.404 e. The normalized spacial score (nSPS) is 11.9. The van der Waals surface area contributed by atoms with E-state index in [4.69, 9.17) is 11.6 Å². The summed E-state index contributed by atoms with van der Waals surface area (Å²) in [6, 6.07) is 3.14. The zero-order chi connectivity index (χ0) is 11.3. The quantitative estimate of drug-likeness (QED) is 0.177. The lowest BCUT2D eigenvalue weighted by molar-refractivity contribution is 0.104. The Balaban J connectivity index is 3.19. The minimum absolute atomic E-state index is 0.108. The first-order chi connectivity index (χ1) is 7.20. The van der Waals surface area contributed by atoms with Crippen LogP contribution in [0.1, 0.15) is 10.4 Å². The molecule has 1 rings (SSSR count). The van der Waals surface area contributed by atoms with E-state index >= 15 is 0 Å². The molecule has 4 N–H and O–H groups in total. The molecule has 6 nitrogen and oxygen atoms in total. The number of carbonyl (C=O) groups is 1. The highest BCUT2D eigenvalue weighted by Crippen LogP contribution is 2.19. The third-order valence-electron chi connectivity index (χ3n) is 1.57. The SMILES string of the molecule is N/C=C(\S)C(=O)c1cccnc1N=NN. The maximum atomic E-state index is 11.7. The second kappa shape index (κ2) is 5.11. The number of carbonyl (C=O) groups excluding carboxylic acids is 1. The van der Waals surface area contributed by atoms with Gasteiger partial charge in [0.25, 0.3) is 0 Å². The van der Waals surface area contributed by atoms with Crippen molar-refractivity contribution < 1.29 is 4.79 Å². The third-order valence-corrected chi connectivity index (χ3v) is 1.93. The van der Waals surface area contributed by atoms with Gasteiger partial charge in [-0.1, -0.05) is 5.22 Å². The van der Waals surface area contributed by atoms with Crippen LogP contribution in [0.3, 0.4) is 0 Å². The lowest BCUT2D eigenvalue weighted by Crippen LogP contribution is -2.02. The number of allylic oxidation sites excluding steroid dienone is 1. The van der Waals surface area contributed by atoms with E-state index in [-0.39, 0.29) is 22.1 Å². The Hall–Kier alpha value is -1.89. The fourth-order valence-corrected chi connectivity index (χ4v) is 1.04. The molecule has 0 aliphatic rings. The second-order valence-corrected chi connectivity index (χ2v) is 2.95. The Bertz CT molecular complexity index is 429. The molecule has 0 radical (unpaired) electrons. The van der Waals surface area contributed by atoms with Crippen LogP contribution in [0.5, 0.6) is 0 Å². The molecular formula is C8H9N5OS. The van der Waals surface area contributed by atoms with Crippen molar-refractivity contribution in [2.24, 2.45) is 21.9 Å². The highest BCUT2D eigenvalue weighted by atomic mass is 32.1. The van der Waals surface area contributed by atoms with Crippen molar-refractivity contribution in [1.82, 2.24) is 4.98 Å². The van der Waals surface area contributed by atoms with Crippen molar-refractivity contribution in [3.05, 3.63) is 35.0 Å². The molecule has 0 aromatic carbocycles. The maximum Gasteiger partial charge on any atom is 0.204 e. The Morgan fingerprint density at radius 2 is 2.33 bits per heavy atom. The third kappa shape index (κ3) is 2.53. The standard InChI is InChI=1S/C8H9N5OS/c9-4-6(15)7(14)5-2-1-3-11-8(5)12-13-10/h1-4,15H,9H2,(H2,10,11,12)/b6-4-.